The summed E-state index contributed by atoms with van der Waals surface area (Å²) in [6, 6.07) is 8.15. The Balaban J connectivity index is 2.10. The molecule has 2 N–H and O–H groups in total. The first-order valence-electron chi connectivity index (χ1n) is 8.27. The monoisotopic (exact) mass is 357 g/mol. The van der Waals surface area contributed by atoms with Crippen molar-refractivity contribution < 1.29 is 19.1 Å². The van der Waals surface area contributed by atoms with Crippen LogP contribution in [0.2, 0.25) is 0 Å². The molecular weight excluding hydrogens is 334 g/mol. The van der Waals surface area contributed by atoms with Crippen molar-refractivity contribution in [2.75, 3.05) is 0 Å². The molecule has 1 aromatic carbocycles. The van der Waals surface area contributed by atoms with Gasteiger partial charge in [0.1, 0.15) is 0 Å². The molecule has 7 heteroatoms. The maximum atomic E-state index is 12.5. The number of hydrogen-bond acceptors (Lipinski definition) is 5. The van der Waals surface area contributed by atoms with Gasteiger partial charge in [0.05, 0.1) is 11.1 Å². The summed E-state index contributed by atoms with van der Waals surface area (Å²) in [6.45, 7) is 8.55. The number of rotatable bonds is 3. The molecule has 0 saturated carbocycles. The summed E-state index contributed by atoms with van der Waals surface area (Å²) < 4.78 is 5.23. The Kier molecular flexibility index (Phi) is 5.59. The van der Waals surface area contributed by atoms with E-state index in [2.05, 4.69) is 15.6 Å². The summed E-state index contributed by atoms with van der Waals surface area (Å²) in [4.78, 5) is 40.7. The molecule has 26 heavy (non-hydrogen) atoms. The highest BCUT2D eigenvalue weighted by molar-refractivity contribution is 6.05. The summed E-state index contributed by atoms with van der Waals surface area (Å²) in [5.41, 5.74) is 1.17. The first kappa shape index (κ1) is 19.4. The fourth-order valence-corrected chi connectivity index (χ4v) is 2.34. The van der Waals surface area contributed by atoms with Gasteiger partial charge in [0.15, 0.2) is 6.10 Å². The molecule has 2 rings (SSSR count). The van der Waals surface area contributed by atoms with E-state index < -0.39 is 29.6 Å². The zero-order chi connectivity index (χ0) is 19.5. The first-order valence-corrected chi connectivity index (χ1v) is 8.27. The first-order chi connectivity index (χ1) is 12.1. The number of esters is 1. The third kappa shape index (κ3) is 5.02. The number of aryl methyl sites for hydroxylation is 1. The van der Waals surface area contributed by atoms with Crippen LogP contribution in [0.5, 0.6) is 0 Å². The Bertz CT molecular complexity index is 855. The van der Waals surface area contributed by atoms with Crippen LogP contribution in [-0.2, 0) is 9.53 Å². The fraction of sp³-hybridized carbons (Fsp3) is 0.368. The second kappa shape index (κ2) is 7.51. The van der Waals surface area contributed by atoms with E-state index in [-0.39, 0.29) is 0 Å². The smallest absolute Gasteiger partial charge is 0.339 e. The quantitative estimate of drug-likeness (QED) is 0.823. The number of benzene rings is 1. The topological polar surface area (TPSA) is 97.4 Å². The van der Waals surface area contributed by atoms with E-state index in [4.69, 9.17) is 4.74 Å². The van der Waals surface area contributed by atoms with Crippen molar-refractivity contribution in [1.82, 2.24) is 15.6 Å². The van der Waals surface area contributed by atoms with Crippen molar-refractivity contribution in [3.05, 3.63) is 41.6 Å². The minimum absolute atomic E-state index is 0.326. The Labute approximate surface area is 152 Å². The Morgan fingerprint density at radius 1 is 1.15 bits per heavy atom. The van der Waals surface area contributed by atoms with Crippen LogP contribution in [0, 0.1) is 6.92 Å². The van der Waals surface area contributed by atoms with Gasteiger partial charge in [-0.1, -0.05) is 18.2 Å². The van der Waals surface area contributed by atoms with E-state index in [0.29, 0.717) is 22.2 Å². The number of nitrogens with one attached hydrogen (secondary N) is 2. The molecule has 0 radical (unpaired) electrons. The van der Waals surface area contributed by atoms with Gasteiger partial charge < -0.3 is 10.1 Å². The number of urea groups is 1. The number of aromatic nitrogens is 1. The Hall–Kier alpha value is -2.96. The number of fused-ring (bicyclic) bond motifs is 1. The number of amides is 3. The molecule has 0 aliphatic rings. The molecule has 0 aliphatic carbocycles. The second-order valence-electron chi connectivity index (χ2n) is 7.07. The molecule has 1 heterocycles. The van der Waals surface area contributed by atoms with Crippen molar-refractivity contribution in [2.24, 2.45) is 0 Å². The lowest BCUT2D eigenvalue weighted by Gasteiger charge is -2.21. The number of ether oxygens (including phenoxy) is 1. The number of hydrogen-bond donors (Lipinski definition) is 2. The van der Waals surface area contributed by atoms with Gasteiger partial charge in [0.2, 0.25) is 0 Å². The third-order valence-electron chi connectivity index (χ3n) is 3.44. The van der Waals surface area contributed by atoms with Crippen LogP contribution in [0.1, 0.15) is 43.7 Å². The molecule has 7 nitrogen and oxygen atoms in total. The maximum absolute atomic E-state index is 12.5. The van der Waals surface area contributed by atoms with E-state index in [1.807, 2.05) is 6.07 Å². The average molecular weight is 357 g/mol. The Morgan fingerprint density at radius 2 is 1.81 bits per heavy atom. The van der Waals surface area contributed by atoms with Crippen LogP contribution < -0.4 is 10.6 Å². The van der Waals surface area contributed by atoms with Gasteiger partial charge in [-0.25, -0.2) is 9.59 Å². The summed E-state index contributed by atoms with van der Waals surface area (Å²) in [6.07, 6.45) is -1.12. The molecule has 1 aromatic heterocycles. The van der Waals surface area contributed by atoms with Crippen LogP contribution in [-0.4, -0.2) is 34.5 Å². The Morgan fingerprint density at radius 3 is 2.46 bits per heavy atom. The second-order valence-corrected chi connectivity index (χ2v) is 7.07. The standard InChI is InChI=1S/C19H23N3O4/c1-11-10-14(13-8-6-7-9-15(13)20-11)17(24)26-12(2)16(23)21-18(25)22-19(3,4)5/h6-10,12H,1-5H3,(H2,21,22,23,25)/t12-/m0/s1. The van der Waals surface area contributed by atoms with Crippen LogP contribution >= 0.6 is 0 Å². The highest BCUT2D eigenvalue weighted by Crippen LogP contribution is 2.19. The lowest BCUT2D eigenvalue weighted by Crippen LogP contribution is -2.50. The summed E-state index contributed by atoms with van der Waals surface area (Å²) in [5, 5.41) is 5.40. The fourth-order valence-electron chi connectivity index (χ4n) is 2.34. The predicted octanol–water partition coefficient (Wildman–Crippen LogP) is 2.71. The highest BCUT2D eigenvalue weighted by atomic mass is 16.5. The molecule has 0 spiro atoms. The zero-order valence-corrected chi connectivity index (χ0v) is 15.5. The molecule has 138 valence electrons. The number of carbonyl (C=O) groups is 3. The van der Waals surface area contributed by atoms with Gasteiger partial charge in [0.25, 0.3) is 5.91 Å². The normalized spacial score (nSPS) is 12.3. The van der Waals surface area contributed by atoms with Gasteiger partial charge in [-0.2, -0.15) is 0 Å². The van der Waals surface area contributed by atoms with E-state index in [1.54, 1.807) is 52.0 Å². The average Bonchev–Trinajstić information content (AvgIpc) is 2.51. The van der Waals surface area contributed by atoms with Gasteiger partial charge in [-0.15, -0.1) is 0 Å². The summed E-state index contributed by atoms with van der Waals surface area (Å²) in [7, 11) is 0. The van der Waals surface area contributed by atoms with Gasteiger partial charge in [0, 0.05) is 16.6 Å². The highest BCUT2D eigenvalue weighted by Gasteiger charge is 2.23. The van der Waals surface area contributed by atoms with Gasteiger partial charge >= 0.3 is 12.0 Å². The minimum Gasteiger partial charge on any atom is -0.449 e. The van der Waals surface area contributed by atoms with Crippen molar-refractivity contribution in [3.63, 3.8) is 0 Å². The van der Waals surface area contributed by atoms with Crippen molar-refractivity contribution in [2.45, 2.75) is 46.3 Å². The predicted molar refractivity (Wildman–Crippen MR) is 97.8 cm³/mol. The lowest BCUT2D eigenvalue weighted by molar-refractivity contribution is -0.127. The largest absolute Gasteiger partial charge is 0.449 e. The van der Waals surface area contributed by atoms with Crippen LogP contribution in [0.3, 0.4) is 0 Å². The third-order valence-corrected chi connectivity index (χ3v) is 3.44. The summed E-state index contributed by atoms with van der Waals surface area (Å²) in [5.74, 6) is -1.35. The molecule has 1 atom stereocenters. The number of para-hydroxylation sites is 1. The van der Waals surface area contributed by atoms with E-state index in [9.17, 15) is 14.4 Å². The van der Waals surface area contributed by atoms with E-state index >= 15 is 0 Å². The lowest BCUT2D eigenvalue weighted by atomic mass is 10.1. The molecule has 2 aromatic rings. The number of carbonyl (C=O) groups excluding carboxylic acids is 3. The molecular formula is C19H23N3O4. The van der Waals surface area contributed by atoms with Crippen molar-refractivity contribution >= 4 is 28.8 Å². The number of nitrogens with zero attached hydrogens (tertiary/aromatic N) is 1. The maximum Gasteiger partial charge on any atom is 0.339 e. The molecule has 0 bridgehead atoms. The number of pyridine rings is 1. The van der Waals surface area contributed by atoms with Crippen LogP contribution in [0.25, 0.3) is 10.9 Å². The number of imide groups is 1. The van der Waals surface area contributed by atoms with Gasteiger partial charge in [-0.3, -0.25) is 15.1 Å². The molecule has 0 unspecified atom stereocenters. The molecule has 3 amide bonds. The van der Waals surface area contributed by atoms with Crippen LogP contribution in [0.4, 0.5) is 4.79 Å². The van der Waals surface area contributed by atoms with E-state index in [1.165, 1.54) is 6.92 Å². The van der Waals surface area contributed by atoms with Crippen molar-refractivity contribution in [3.8, 4) is 0 Å². The SMILES string of the molecule is Cc1cc(C(=O)O[C@@H](C)C(=O)NC(=O)NC(C)(C)C)c2ccccc2n1. The molecule has 0 aliphatic heterocycles. The summed E-state index contributed by atoms with van der Waals surface area (Å²) >= 11 is 0. The zero-order valence-electron chi connectivity index (χ0n) is 15.5. The molecule has 0 saturated heterocycles. The van der Waals surface area contributed by atoms with Crippen molar-refractivity contribution in [1.29, 1.82) is 0 Å². The van der Waals surface area contributed by atoms with Gasteiger partial charge in [-0.05, 0) is 46.8 Å². The minimum atomic E-state index is -1.12. The van der Waals surface area contributed by atoms with Crippen LogP contribution in [0.15, 0.2) is 30.3 Å². The van der Waals surface area contributed by atoms with E-state index in [0.717, 1.165) is 0 Å². The molecule has 0 fully saturated rings.